The van der Waals surface area contributed by atoms with Gasteiger partial charge in [-0.3, -0.25) is 0 Å². The van der Waals surface area contributed by atoms with Crippen LogP contribution in [0.3, 0.4) is 0 Å². The van der Waals surface area contributed by atoms with Crippen LogP contribution >= 0.6 is 0 Å². The van der Waals surface area contributed by atoms with E-state index in [1.807, 2.05) is 0 Å². The molecule has 0 spiro atoms. The van der Waals surface area contributed by atoms with Gasteiger partial charge in [0.1, 0.15) is 11.5 Å². The molecule has 0 radical (unpaired) electrons. The second-order valence-electron chi connectivity index (χ2n) is 4.91. The zero-order valence-electron chi connectivity index (χ0n) is 11.1. The second-order valence-corrected chi connectivity index (χ2v) is 4.91. The SMILES string of the molecule is CN(c1nc(C(F)(F)F)ccc1CN)C(C)(C)CO. The molecule has 0 aliphatic carbocycles. The van der Waals surface area contributed by atoms with Crippen LogP contribution in [0.25, 0.3) is 0 Å². The molecule has 4 nitrogen and oxygen atoms in total. The molecular weight excluding hydrogens is 259 g/mol. The summed E-state index contributed by atoms with van der Waals surface area (Å²) in [5.41, 5.74) is 4.31. The first-order chi connectivity index (χ1) is 8.63. The van der Waals surface area contributed by atoms with Crippen LogP contribution in [0.5, 0.6) is 0 Å². The number of aliphatic hydroxyl groups is 1. The Balaban J connectivity index is 3.31. The van der Waals surface area contributed by atoms with E-state index in [-0.39, 0.29) is 19.0 Å². The molecular formula is C12H18F3N3O. The summed E-state index contributed by atoms with van der Waals surface area (Å²) in [6, 6.07) is 2.22. The molecule has 0 atom stereocenters. The maximum absolute atomic E-state index is 12.7. The number of aromatic nitrogens is 1. The van der Waals surface area contributed by atoms with Crippen LogP contribution < -0.4 is 10.6 Å². The van der Waals surface area contributed by atoms with Gasteiger partial charge in [0.2, 0.25) is 0 Å². The summed E-state index contributed by atoms with van der Waals surface area (Å²) in [7, 11) is 1.58. The summed E-state index contributed by atoms with van der Waals surface area (Å²) in [6.07, 6.45) is -4.51. The molecule has 1 heterocycles. The van der Waals surface area contributed by atoms with Crippen molar-refractivity contribution in [1.82, 2.24) is 4.98 Å². The lowest BCUT2D eigenvalue weighted by Crippen LogP contribution is -2.45. The van der Waals surface area contributed by atoms with Crippen LogP contribution in [-0.4, -0.2) is 29.3 Å². The van der Waals surface area contributed by atoms with E-state index in [4.69, 9.17) is 5.73 Å². The molecule has 1 aromatic rings. The van der Waals surface area contributed by atoms with Gasteiger partial charge in [0.15, 0.2) is 0 Å². The third-order valence-electron chi connectivity index (χ3n) is 3.08. The number of hydrogen-bond acceptors (Lipinski definition) is 4. The van der Waals surface area contributed by atoms with Gasteiger partial charge in [0.25, 0.3) is 0 Å². The van der Waals surface area contributed by atoms with Gasteiger partial charge in [-0.15, -0.1) is 0 Å². The number of nitrogens with two attached hydrogens (primary N) is 1. The van der Waals surface area contributed by atoms with Crippen LogP contribution in [-0.2, 0) is 12.7 Å². The maximum Gasteiger partial charge on any atom is 0.433 e. The Hall–Kier alpha value is -1.34. The van der Waals surface area contributed by atoms with E-state index in [1.54, 1.807) is 20.9 Å². The summed E-state index contributed by atoms with van der Waals surface area (Å²) in [6.45, 7) is 3.27. The highest BCUT2D eigenvalue weighted by molar-refractivity contribution is 5.49. The number of pyridine rings is 1. The molecule has 0 amide bonds. The molecule has 0 bridgehead atoms. The minimum absolute atomic E-state index is 0.0757. The average molecular weight is 277 g/mol. The molecule has 108 valence electrons. The van der Waals surface area contributed by atoms with Crippen molar-refractivity contribution in [2.75, 3.05) is 18.6 Å². The fraction of sp³-hybridized carbons (Fsp3) is 0.583. The van der Waals surface area contributed by atoms with Crippen LogP contribution in [0.2, 0.25) is 0 Å². The first-order valence-corrected chi connectivity index (χ1v) is 5.75. The first-order valence-electron chi connectivity index (χ1n) is 5.75. The van der Waals surface area contributed by atoms with E-state index in [1.165, 1.54) is 11.0 Å². The molecule has 19 heavy (non-hydrogen) atoms. The molecule has 7 heteroatoms. The highest BCUT2D eigenvalue weighted by Gasteiger charge is 2.34. The van der Waals surface area contributed by atoms with Crippen molar-refractivity contribution in [2.24, 2.45) is 5.73 Å². The van der Waals surface area contributed by atoms with Gasteiger partial charge in [0, 0.05) is 19.2 Å². The lowest BCUT2D eigenvalue weighted by atomic mass is 10.0. The molecule has 0 fully saturated rings. The Morgan fingerprint density at radius 3 is 2.32 bits per heavy atom. The number of likely N-dealkylation sites (N-methyl/N-ethyl adjacent to an activating group) is 1. The van der Waals surface area contributed by atoms with Crippen LogP contribution in [0.15, 0.2) is 12.1 Å². The standard InChI is InChI=1S/C12H18F3N3O/c1-11(2,7-19)18(3)10-8(6-16)4-5-9(17-10)12(13,14)15/h4-5,19H,6-7,16H2,1-3H3. The number of hydrogen-bond donors (Lipinski definition) is 2. The molecule has 0 aromatic carbocycles. The number of aliphatic hydroxyl groups excluding tert-OH is 1. The van der Waals surface area contributed by atoms with E-state index >= 15 is 0 Å². The van der Waals surface area contributed by atoms with Gasteiger partial charge in [-0.1, -0.05) is 6.07 Å². The van der Waals surface area contributed by atoms with Gasteiger partial charge >= 0.3 is 6.18 Å². The van der Waals surface area contributed by atoms with Crippen molar-refractivity contribution >= 4 is 5.82 Å². The molecule has 0 saturated heterocycles. The quantitative estimate of drug-likeness (QED) is 0.880. The minimum Gasteiger partial charge on any atom is -0.394 e. The Kier molecular flexibility index (Phi) is 4.42. The monoisotopic (exact) mass is 277 g/mol. The highest BCUT2D eigenvalue weighted by Crippen LogP contribution is 2.31. The molecule has 0 saturated carbocycles. The van der Waals surface area contributed by atoms with E-state index in [2.05, 4.69) is 4.98 Å². The number of nitrogens with zero attached hydrogens (tertiary/aromatic N) is 2. The minimum atomic E-state index is -4.51. The largest absolute Gasteiger partial charge is 0.433 e. The van der Waals surface area contributed by atoms with Crippen molar-refractivity contribution in [2.45, 2.75) is 32.1 Å². The Morgan fingerprint density at radius 1 is 1.32 bits per heavy atom. The average Bonchev–Trinajstić information content (AvgIpc) is 2.35. The molecule has 0 aliphatic rings. The number of rotatable bonds is 4. The van der Waals surface area contributed by atoms with Gasteiger partial charge in [-0.2, -0.15) is 13.2 Å². The zero-order valence-corrected chi connectivity index (χ0v) is 11.1. The fourth-order valence-corrected chi connectivity index (χ4v) is 1.48. The van der Waals surface area contributed by atoms with Crippen molar-refractivity contribution < 1.29 is 18.3 Å². The van der Waals surface area contributed by atoms with Gasteiger partial charge in [-0.25, -0.2) is 4.98 Å². The van der Waals surface area contributed by atoms with E-state index in [9.17, 15) is 18.3 Å². The molecule has 0 unspecified atom stereocenters. The zero-order chi connectivity index (χ0) is 14.8. The summed E-state index contributed by atoms with van der Waals surface area (Å²) >= 11 is 0. The first kappa shape index (κ1) is 15.7. The van der Waals surface area contributed by atoms with Crippen molar-refractivity contribution in [3.63, 3.8) is 0 Å². The smallest absolute Gasteiger partial charge is 0.394 e. The molecule has 3 N–H and O–H groups in total. The lowest BCUT2D eigenvalue weighted by molar-refractivity contribution is -0.141. The Labute approximate surface area is 110 Å². The number of halogens is 3. The molecule has 0 aliphatic heterocycles. The Morgan fingerprint density at radius 2 is 1.89 bits per heavy atom. The summed E-state index contributed by atoms with van der Waals surface area (Å²) < 4.78 is 38.1. The molecule has 1 rings (SSSR count). The van der Waals surface area contributed by atoms with Crippen molar-refractivity contribution in [3.8, 4) is 0 Å². The third-order valence-corrected chi connectivity index (χ3v) is 3.08. The van der Waals surface area contributed by atoms with Crippen LogP contribution in [0.4, 0.5) is 19.0 Å². The topological polar surface area (TPSA) is 62.4 Å². The second kappa shape index (κ2) is 5.34. The highest BCUT2D eigenvalue weighted by atomic mass is 19.4. The van der Waals surface area contributed by atoms with Gasteiger partial charge < -0.3 is 15.7 Å². The van der Waals surface area contributed by atoms with E-state index in [0.717, 1.165) is 6.07 Å². The van der Waals surface area contributed by atoms with Crippen LogP contribution in [0, 0.1) is 0 Å². The van der Waals surface area contributed by atoms with Crippen molar-refractivity contribution in [3.05, 3.63) is 23.4 Å². The fourth-order valence-electron chi connectivity index (χ4n) is 1.48. The number of alkyl halides is 3. The van der Waals surface area contributed by atoms with Crippen molar-refractivity contribution in [1.29, 1.82) is 0 Å². The van der Waals surface area contributed by atoms with E-state index < -0.39 is 17.4 Å². The summed E-state index contributed by atoms with van der Waals surface area (Å²) in [4.78, 5) is 5.14. The van der Waals surface area contributed by atoms with E-state index in [0.29, 0.717) is 5.56 Å². The van der Waals surface area contributed by atoms with Crippen LogP contribution in [0.1, 0.15) is 25.1 Å². The predicted molar refractivity (Wildman–Crippen MR) is 66.7 cm³/mol. The van der Waals surface area contributed by atoms with Gasteiger partial charge in [0.05, 0.1) is 12.1 Å². The third kappa shape index (κ3) is 3.36. The number of anilines is 1. The maximum atomic E-state index is 12.7. The Bertz CT molecular complexity index is 446. The summed E-state index contributed by atoms with van der Waals surface area (Å²) in [5, 5.41) is 9.30. The van der Waals surface area contributed by atoms with Gasteiger partial charge in [-0.05, 0) is 19.9 Å². The molecule has 1 aromatic heterocycles. The predicted octanol–water partition coefficient (Wildman–Crippen LogP) is 1.77. The summed E-state index contributed by atoms with van der Waals surface area (Å²) in [5.74, 6) is 0.136. The normalized spacial score (nSPS) is 12.6. The lowest BCUT2D eigenvalue weighted by Gasteiger charge is -2.36.